The number of hydrogen-bond donors (Lipinski definition) is 2. The molecule has 0 saturated carbocycles. The van der Waals surface area contributed by atoms with Crippen molar-refractivity contribution in [1.82, 2.24) is 14.9 Å². The zero-order chi connectivity index (χ0) is 32.1. The number of hydrogen-bond acceptors (Lipinski definition) is 11. The fraction of sp³-hybridized carbons (Fsp3) is 0.414. The average Bonchev–Trinajstić information content (AvgIpc) is 3.33. The Labute approximate surface area is 254 Å². The highest BCUT2D eigenvalue weighted by atomic mass is 31.2. The van der Waals surface area contributed by atoms with E-state index in [1.807, 2.05) is 30.9 Å². The summed E-state index contributed by atoms with van der Waals surface area (Å²) in [5, 5.41) is 5.80. The second-order valence-electron chi connectivity index (χ2n) is 9.74. The lowest BCUT2D eigenvalue weighted by atomic mass is 10.0. The number of methoxy groups -OCH3 is 2. The van der Waals surface area contributed by atoms with Gasteiger partial charge in [0.15, 0.2) is 6.16 Å². The van der Waals surface area contributed by atoms with Gasteiger partial charge in [0.05, 0.1) is 33.0 Å². The Morgan fingerprint density at radius 1 is 1.05 bits per heavy atom. The summed E-state index contributed by atoms with van der Waals surface area (Å²) in [5.41, 5.74) is 2.10. The first-order valence-corrected chi connectivity index (χ1v) is 15.5. The minimum absolute atomic E-state index is 0.0566. The van der Waals surface area contributed by atoms with Crippen LogP contribution in [0.25, 0.3) is 0 Å². The molecule has 1 aliphatic heterocycles. The van der Waals surface area contributed by atoms with Gasteiger partial charge in [-0.1, -0.05) is 12.1 Å². The molecule has 0 amide bonds. The summed E-state index contributed by atoms with van der Waals surface area (Å²) >= 11 is 0. The maximum atomic E-state index is 14.1. The summed E-state index contributed by atoms with van der Waals surface area (Å²) in [6.45, 7) is 4.93. The van der Waals surface area contributed by atoms with Crippen molar-refractivity contribution in [3.63, 3.8) is 0 Å². The van der Waals surface area contributed by atoms with Crippen LogP contribution in [0, 0.1) is 0 Å². The first kappa shape index (κ1) is 33.5. The predicted octanol–water partition coefficient (Wildman–Crippen LogP) is 6.84. The van der Waals surface area contributed by atoms with E-state index in [4.69, 9.17) is 23.0 Å². The van der Waals surface area contributed by atoms with Gasteiger partial charge in [-0.3, -0.25) is 4.90 Å². The molecule has 0 aliphatic carbocycles. The molecule has 0 fully saturated rings. The van der Waals surface area contributed by atoms with Crippen LogP contribution in [0.4, 0.5) is 36.3 Å². The number of carbonyl (C=O) groups excluding carboxylic acids is 1. The van der Waals surface area contributed by atoms with Crippen LogP contribution < -0.4 is 10.6 Å². The number of nitrogens with one attached hydrogen (secondary N) is 2. The molecule has 1 unspecified atom stereocenters. The topological polar surface area (TPSA) is 116 Å². The van der Waals surface area contributed by atoms with Gasteiger partial charge in [-0.2, -0.15) is 31.7 Å². The molecule has 238 valence electrons. The first-order valence-electron chi connectivity index (χ1n) is 13.8. The van der Waals surface area contributed by atoms with E-state index in [-0.39, 0.29) is 5.95 Å². The molecule has 2 heterocycles. The average molecular weight is 639 g/mol. The lowest BCUT2D eigenvalue weighted by Crippen LogP contribution is -2.18. The SMILES string of the molecule is CCO[P+](Cc1ccc(Nc2ncc(C(F)(F)F)c(Nc3ccc(C(=O)OC)c4c3C(OC)N(C)C4)n2)cc1)(OC)OCC. The van der Waals surface area contributed by atoms with Gasteiger partial charge in [0.25, 0.3) is 0 Å². The van der Waals surface area contributed by atoms with Crippen LogP contribution in [-0.2, 0) is 41.9 Å². The van der Waals surface area contributed by atoms with Gasteiger partial charge >= 0.3 is 20.1 Å². The lowest BCUT2D eigenvalue weighted by molar-refractivity contribution is -0.137. The number of benzene rings is 2. The number of halogens is 3. The molecule has 2 N–H and O–H groups in total. The zero-order valence-electron chi connectivity index (χ0n) is 25.3. The van der Waals surface area contributed by atoms with E-state index in [1.165, 1.54) is 26.4 Å². The molecule has 4 rings (SSSR count). The highest BCUT2D eigenvalue weighted by Gasteiger charge is 2.43. The van der Waals surface area contributed by atoms with Crippen LogP contribution >= 0.6 is 7.94 Å². The highest BCUT2D eigenvalue weighted by molar-refractivity contribution is 7.60. The third-order valence-corrected chi connectivity index (χ3v) is 9.52. The minimum atomic E-state index is -4.74. The molecule has 1 aliphatic rings. The van der Waals surface area contributed by atoms with Crippen molar-refractivity contribution in [2.75, 3.05) is 52.2 Å². The van der Waals surface area contributed by atoms with Gasteiger partial charge in [-0.05, 0) is 56.3 Å². The summed E-state index contributed by atoms with van der Waals surface area (Å²) in [7, 11) is 3.51. The van der Waals surface area contributed by atoms with Crippen molar-refractivity contribution < 1.29 is 41.0 Å². The van der Waals surface area contributed by atoms with Gasteiger partial charge < -0.3 is 20.1 Å². The number of fused-ring (bicyclic) bond motifs is 1. The molecule has 1 atom stereocenters. The molecular formula is C29H36F3N5O6P+. The van der Waals surface area contributed by atoms with Crippen molar-refractivity contribution in [2.45, 2.75) is 39.0 Å². The number of alkyl halides is 3. The minimum Gasteiger partial charge on any atom is -0.465 e. The van der Waals surface area contributed by atoms with Crippen molar-refractivity contribution in [3.8, 4) is 0 Å². The highest BCUT2D eigenvalue weighted by Crippen LogP contribution is 2.64. The number of ether oxygens (including phenoxy) is 2. The van der Waals surface area contributed by atoms with E-state index in [9.17, 15) is 18.0 Å². The fourth-order valence-electron chi connectivity index (χ4n) is 4.99. The second-order valence-corrected chi connectivity index (χ2v) is 12.2. The molecule has 15 heteroatoms. The fourth-order valence-corrected chi connectivity index (χ4v) is 7.03. The molecule has 0 radical (unpaired) electrons. The zero-order valence-corrected chi connectivity index (χ0v) is 26.2. The molecule has 0 spiro atoms. The van der Waals surface area contributed by atoms with E-state index >= 15 is 0 Å². The summed E-state index contributed by atoms with van der Waals surface area (Å²) in [5.74, 6) is -1.08. The Kier molecular flexibility index (Phi) is 10.8. The maximum absolute atomic E-state index is 14.1. The van der Waals surface area contributed by atoms with Crippen LogP contribution in [0.5, 0.6) is 0 Å². The Hall–Kier alpha value is -3.39. The van der Waals surface area contributed by atoms with Crippen LogP contribution in [-0.4, -0.2) is 62.4 Å². The lowest BCUT2D eigenvalue weighted by Gasteiger charge is -2.22. The van der Waals surface area contributed by atoms with Crippen molar-refractivity contribution in [1.29, 1.82) is 0 Å². The molecule has 0 saturated heterocycles. The molecule has 1 aromatic heterocycles. The summed E-state index contributed by atoms with van der Waals surface area (Å²) in [6, 6.07) is 10.2. The Balaban J connectivity index is 1.64. The van der Waals surface area contributed by atoms with Crippen molar-refractivity contribution in [2.24, 2.45) is 0 Å². The number of carbonyl (C=O) groups is 1. The van der Waals surface area contributed by atoms with E-state index in [2.05, 4.69) is 20.6 Å². The largest absolute Gasteiger partial charge is 0.465 e. The van der Waals surface area contributed by atoms with Gasteiger partial charge in [-0.25, -0.2) is 9.78 Å². The van der Waals surface area contributed by atoms with Crippen LogP contribution in [0.1, 0.15) is 52.7 Å². The maximum Gasteiger partial charge on any atom is 0.421 e. The van der Waals surface area contributed by atoms with Gasteiger partial charge in [0, 0.05) is 36.8 Å². The molecule has 2 aromatic carbocycles. The van der Waals surface area contributed by atoms with Gasteiger partial charge in [0.2, 0.25) is 5.95 Å². The number of esters is 1. The molecule has 3 aromatic rings. The summed E-state index contributed by atoms with van der Waals surface area (Å²) < 4.78 is 70.0. The molecular weight excluding hydrogens is 602 g/mol. The summed E-state index contributed by atoms with van der Waals surface area (Å²) in [4.78, 5) is 22.3. The van der Waals surface area contributed by atoms with Crippen molar-refractivity contribution in [3.05, 3.63) is 70.4 Å². The second kappa shape index (κ2) is 14.1. The van der Waals surface area contributed by atoms with Crippen LogP contribution in [0.2, 0.25) is 0 Å². The monoisotopic (exact) mass is 638 g/mol. The van der Waals surface area contributed by atoms with Crippen LogP contribution in [0.3, 0.4) is 0 Å². The Morgan fingerprint density at radius 2 is 1.73 bits per heavy atom. The Bertz CT molecular complexity index is 1450. The van der Waals surface area contributed by atoms with E-state index < -0.39 is 37.7 Å². The smallest absolute Gasteiger partial charge is 0.421 e. The predicted molar refractivity (Wildman–Crippen MR) is 160 cm³/mol. The first-order chi connectivity index (χ1) is 21.0. The van der Waals surface area contributed by atoms with E-state index in [0.29, 0.717) is 54.0 Å². The number of nitrogens with zero attached hydrogens (tertiary/aromatic N) is 3. The third kappa shape index (κ3) is 7.28. The van der Waals surface area contributed by atoms with E-state index in [1.54, 1.807) is 26.3 Å². The summed E-state index contributed by atoms with van der Waals surface area (Å²) in [6.07, 6.45) is -4.22. The number of anilines is 4. The van der Waals surface area contributed by atoms with Gasteiger partial charge in [0.1, 0.15) is 17.6 Å². The Morgan fingerprint density at radius 3 is 2.30 bits per heavy atom. The number of rotatable bonds is 13. The molecule has 11 nitrogen and oxygen atoms in total. The normalized spacial score (nSPS) is 15.2. The number of aromatic nitrogens is 2. The standard InChI is InChI=1S/C29H35F3N5O6P/c1-7-42-44(41-6,43-8-2)17-18-9-11-19(12-10-18)34-28-33-15-22(29(30,31)32)25(36-28)35-23-14-13-20(27(38)40-5)21-16-37(3)26(39-4)24(21)23/h9-15,26H,7-8,16-17H2,1-6H3,(H-,33,34,35,36,38)/p+1. The van der Waals surface area contributed by atoms with E-state index in [0.717, 1.165) is 11.8 Å². The quantitative estimate of drug-likeness (QED) is 0.151. The van der Waals surface area contributed by atoms with Crippen molar-refractivity contribution >= 4 is 37.1 Å². The molecule has 0 bridgehead atoms. The molecule has 44 heavy (non-hydrogen) atoms. The van der Waals surface area contributed by atoms with Gasteiger partial charge in [-0.15, -0.1) is 0 Å². The van der Waals surface area contributed by atoms with Crippen LogP contribution in [0.15, 0.2) is 42.6 Å². The third-order valence-electron chi connectivity index (χ3n) is 6.90.